The minimum atomic E-state index is 0.453. The summed E-state index contributed by atoms with van der Waals surface area (Å²) < 4.78 is 6.54. The van der Waals surface area contributed by atoms with Crippen molar-refractivity contribution in [2.75, 3.05) is 0 Å². The first-order valence-electron chi connectivity index (χ1n) is 4.82. The predicted octanol–water partition coefficient (Wildman–Crippen LogP) is 4.77. The van der Waals surface area contributed by atoms with E-state index in [9.17, 15) is 0 Å². The van der Waals surface area contributed by atoms with Crippen molar-refractivity contribution >= 4 is 27.5 Å². The Morgan fingerprint density at radius 3 is 2.71 bits per heavy atom. The van der Waals surface area contributed by atoms with Crippen LogP contribution in [0.4, 0.5) is 0 Å². The van der Waals surface area contributed by atoms with Gasteiger partial charge in [0, 0.05) is 15.6 Å². The van der Waals surface area contributed by atoms with Crippen LogP contribution in [0.3, 0.4) is 0 Å². The highest BCUT2D eigenvalue weighted by molar-refractivity contribution is 9.10. The number of hydrogen-bond donors (Lipinski definition) is 0. The summed E-state index contributed by atoms with van der Waals surface area (Å²) in [5, 5.41) is 9.50. The van der Waals surface area contributed by atoms with Crippen molar-refractivity contribution in [1.29, 1.82) is 5.26 Å². The average molecular weight is 309 g/mol. The lowest BCUT2D eigenvalue weighted by Crippen LogP contribution is -1.88. The van der Waals surface area contributed by atoms with E-state index in [2.05, 4.69) is 22.0 Å². The van der Waals surface area contributed by atoms with Crippen LogP contribution in [-0.4, -0.2) is 0 Å². The van der Waals surface area contributed by atoms with Crippen LogP contribution in [0, 0.1) is 11.3 Å². The fourth-order valence-corrected chi connectivity index (χ4v) is 1.87. The Labute approximate surface area is 113 Å². The van der Waals surface area contributed by atoms with Gasteiger partial charge in [-0.1, -0.05) is 33.6 Å². The predicted molar refractivity (Wildman–Crippen MR) is 70.4 cm³/mol. The summed E-state index contributed by atoms with van der Waals surface area (Å²) in [6.45, 7) is 0. The van der Waals surface area contributed by atoms with Crippen LogP contribution in [0.5, 0.6) is 11.5 Å². The van der Waals surface area contributed by atoms with E-state index in [0.717, 1.165) is 4.47 Å². The van der Waals surface area contributed by atoms with Gasteiger partial charge in [0.2, 0.25) is 0 Å². The average Bonchev–Trinajstić information content (AvgIpc) is 2.29. The maximum Gasteiger partial charge on any atom is 0.146 e. The highest BCUT2D eigenvalue weighted by Crippen LogP contribution is 2.29. The molecule has 2 rings (SSSR count). The SMILES string of the molecule is N#Cc1ccc(Cl)cc1Oc1cccc(Br)c1. The number of benzene rings is 2. The van der Waals surface area contributed by atoms with E-state index in [1.165, 1.54) is 0 Å². The summed E-state index contributed by atoms with van der Waals surface area (Å²) in [6, 6.07) is 14.4. The molecular weight excluding hydrogens is 302 g/mol. The zero-order valence-electron chi connectivity index (χ0n) is 8.65. The summed E-state index contributed by atoms with van der Waals surface area (Å²) in [6.07, 6.45) is 0. The molecule has 0 saturated heterocycles. The standard InChI is InChI=1S/C13H7BrClNO/c14-10-2-1-3-12(6-10)17-13-7-11(15)5-4-9(13)8-16/h1-7H. The topological polar surface area (TPSA) is 33.0 Å². The van der Waals surface area contributed by atoms with Crippen LogP contribution in [0.2, 0.25) is 5.02 Å². The molecule has 84 valence electrons. The fraction of sp³-hybridized carbons (Fsp3) is 0. The molecule has 0 N–H and O–H groups in total. The van der Waals surface area contributed by atoms with E-state index in [1.807, 2.05) is 24.3 Å². The molecule has 0 unspecified atom stereocenters. The minimum absolute atomic E-state index is 0.453. The molecule has 0 heterocycles. The van der Waals surface area contributed by atoms with Gasteiger partial charge in [-0.3, -0.25) is 0 Å². The monoisotopic (exact) mass is 307 g/mol. The lowest BCUT2D eigenvalue weighted by atomic mass is 10.2. The van der Waals surface area contributed by atoms with E-state index < -0.39 is 0 Å². The smallest absolute Gasteiger partial charge is 0.146 e. The van der Waals surface area contributed by atoms with Gasteiger partial charge in [-0.2, -0.15) is 5.26 Å². The van der Waals surface area contributed by atoms with E-state index in [0.29, 0.717) is 22.1 Å². The van der Waals surface area contributed by atoms with Crippen molar-refractivity contribution in [3.05, 3.63) is 57.5 Å². The van der Waals surface area contributed by atoms with Crippen molar-refractivity contribution in [3.63, 3.8) is 0 Å². The van der Waals surface area contributed by atoms with Crippen molar-refractivity contribution in [2.24, 2.45) is 0 Å². The molecule has 0 radical (unpaired) electrons. The van der Waals surface area contributed by atoms with Gasteiger partial charge in [0.05, 0.1) is 5.56 Å². The van der Waals surface area contributed by atoms with Crippen molar-refractivity contribution in [2.45, 2.75) is 0 Å². The Morgan fingerprint density at radius 2 is 2.00 bits per heavy atom. The molecule has 0 aliphatic rings. The van der Waals surface area contributed by atoms with Gasteiger partial charge in [-0.15, -0.1) is 0 Å². The molecule has 4 heteroatoms. The highest BCUT2D eigenvalue weighted by atomic mass is 79.9. The second-order valence-electron chi connectivity index (χ2n) is 3.31. The lowest BCUT2D eigenvalue weighted by Gasteiger charge is -2.07. The minimum Gasteiger partial charge on any atom is -0.456 e. The van der Waals surface area contributed by atoms with Crippen LogP contribution in [0.25, 0.3) is 0 Å². The van der Waals surface area contributed by atoms with Gasteiger partial charge in [-0.25, -0.2) is 0 Å². The van der Waals surface area contributed by atoms with Crippen molar-refractivity contribution < 1.29 is 4.74 Å². The van der Waals surface area contributed by atoms with Crippen LogP contribution >= 0.6 is 27.5 Å². The molecule has 0 spiro atoms. The van der Waals surface area contributed by atoms with Crippen LogP contribution in [0.1, 0.15) is 5.56 Å². The van der Waals surface area contributed by atoms with Gasteiger partial charge in [-0.05, 0) is 30.3 Å². The van der Waals surface area contributed by atoms with E-state index in [4.69, 9.17) is 21.6 Å². The number of nitrogens with zero attached hydrogens (tertiary/aromatic N) is 1. The Balaban J connectivity index is 2.36. The Kier molecular flexibility index (Phi) is 3.68. The zero-order chi connectivity index (χ0) is 12.3. The molecule has 0 bridgehead atoms. The summed E-state index contributed by atoms with van der Waals surface area (Å²) >= 11 is 9.23. The molecule has 0 atom stereocenters. The molecule has 0 fully saturated rings. The highest BCUT2D eigenvalue weighted by Gasteiger charge is 2.05. The Bertz CT molecular complexity index is 592. The second kappa shape index (κ2) is 5.22. The molecule has 2 aromatic rings. The third kappa shape index (κ3) is 3.00. The van der Waals surface area contributed by atoms with Gasteiger partial charge in [0.25, 0.3) is 0 Å². The summed E-state index contributed by atoms with van der Waals surface area (Å²) in [5.41, 5.74) is 0.453. The number of hydrogen-bond acceptors (Lipinski definition) is 2. The van der Waals surface area contributed by atoms with Crippen LogP contribution in [-0.2, 0) is 0 Å². The quantitative estimate of drug-likeness (QED) is 0.801. The fourth-order valence-electron chi connectivity index (χ4n) is 1.33. The Morgan fingerprint density at radius 1 is 1.18 bits per heavy atom. The maximum atomic E-state index is 8.96. The van der Waals surface area contributed by atoms with Crippen LogP contribution in [0.15, 0.2) is 46.9 Å². The third-order valence-electron chi connectivity index (χ3n) is 2.09. The first kappa shape index (κ1) is 12.0. The van der Waals surface area contributed by atoms with Gasteiger partial charge >= 0.3 is 0 Å². The van der Waals surface area contributed by atoms with Gasteiger partial charge in [0.15, 0.2) is 0 Å². The van der Waals surface area contributed by atoms with E-state index >= 15 is 0 Å². The molecule has 17 heavy (non-hydrogen) atoms. The molecule has 0 aliphatic carbocycles. The molecule has 2 nitrogen and oxygen atoms in total. The number of rotatable bonds is 2. The van der Waals surface area contributed by atoms with Gasteiger partial charge in [0.1, 0.15) is 17.6 Å². The zero-order valence-corrected chi connectivity index (χ0v) is 11.0. The first-order chi connectivity index (χ1) is 8.19. The Hall–Kier alpha value is -1.50. The first-order valence-corrected chi connectivity index (χ1v) is 5.99. The van der Waals surface area contributed by atoms with Gasteiger partial charge < -0.3 is 4.74 Å². The van der Waals surface area contributed by atoms with Crippen LogP contribution < -0.4 is 4.74 Å². The van der Waals surface area contributed by atoms with E-state index in [-0.39, 0.29) is 0 Å². The lowest BCUT2D eigenvalue weighted by molar-refractivity contribution is 0.481. The molecule has 0 saturated carbocycles. The molecule has 2 aromatic carbocycles. The number of halogens is 2. The van der Waals surface area contributed by atoms with Crippen molar-refractivity contribution in [1.82, 2.24) is 0 Å². The summed E-state index contributed by atoms with van der Waals surface area (Å²) in [7, 11) is 0. The van der Waals surface area contributed by atoms with E-state index in [1.54, 1.807) is 18.2 Å². The molecule has 0 aromatic heterocycles. The third-order valence-corrected chi connectivity index (χ3v) is 2.82. The normalized spacial score (nSPS) is 9.71. The number of ether oxygens (including phenoxy) is 1. The molecule has 0 amide bonds. The number of nitriles is 1. The largest absolute Gasteiger partial charge is 0.456 e. The summed E-state index contributed by atoms with van der Waals surface area (Å²) in [5.74, 6) is 1.11. The maximum absolute atomic E-state index is 8.96. The van der Waals surface area contributed by atoms with Crippen molar-refractivity contribution in [3.8, 4) is 17.6 Å². The molecular formula is C13H7BrClNO. The summed E-state index contributed by atoms with van der Waals surface area (Å²) in [4.78, 5) is 0. The molecule has 0 aliphatic heterocycles. The second-order valence-corrected chi connectivity index (χ2v) is 4.66.